The van der Waals surface area contributed by atoms with E-state index in [1.54, 1.807) is 0 Å². The molecule has 0 unspecified atom stereocenters. The predicted molar refractivity (Wildman–Crippen MR) is 87.3 cm³/mol. The number of para-hydroxylation sites is 1. The Morgan fingerprint density at radius 3 is 2.48 bits per heavy atom. The molecule has 4 rings (SSSR count). The number of piperazine rings is 1. The van der Waals surface area contributed by atoms with Gasteiger partial charge in [-0.3, -0.25) is 4.79 Å². The van der Waals surface area contributed by atoms with Crippen molar-refractivity contribution >= 4 is 22.6 Å². The average Bonchev–Trinajstić information content (AvgIpc) is 3.06. The van der Waals surface area contributed by atoms with Crippen LogP contribution in [-0.4, -0.2) is 37.0 Å². The first-order chi connectivity index (χ1) is 11.3. The monoisotopic (exact) mass is 308 g/mol. The van der Waals surface area contributed by atoms with E-state index in [4.69, 9.17) is 4.42 Å². The number of aromatic nitrogens is 1. The van der Waals surface area contributed by atoms with Crippen molar-refractivity contribution in [1.29, 1.82) is 0 Å². The van der Waals surface area contributed by atoms with Crippen LogP contribution in [0.1, 0.15) is 10.6 Å². The number of amides is 1. The molecule has 0 atom stereocenters. The van der Waals surface area contributed by atoms with Gasteiger partial charge in [0, 0.05) is 49.4 Å². The number of carbonyl (C=O) groups is 1. The van der Waals surface area contributed by atoms with Crippen molar-refractivity contribution in [3.05, 3.63) is 60.6 Å². The number of nitrogens with zero attached hydrogens (tertiary/aromatic N) is 2. The second-order valence-corrected chi connectivity index (χ2v) is 5.69. The highest BCUT2D eigenvalue weighted by molar-refractivity contribution is 5.96. The highest BCUT2D eigenvalue weighted by Crippen LogP contribution is 2.21. The van der Waals surface area contributed by atoms with Gasteiger partial charge in [0.05, 0.1) is 0 Å². The van der Waals surface area contributed by atoms with Crippen LogP contribution >= 0.6 is 0 Å². The highest BCUT2D eigenvalue weighted by Gasteiger charge is 2.24. The molecule has 0 aliphatic carbocycles. The minimum absolute atomic E-state index is 0.0257. The molecule has 0 radical (unpaired) electrons. The van der Waals surface area contributed by atoms with Gasteiger partial charge in [0.1, 0.15) is 5.58 Å². The average molecular weight is 308 g/mol. The summed E-state index contributed by atoms with van der Waals surface area (Å²) in [5.41, 5.74) is 1.94. The lowest BCUT2D eigenvalue weighted by Gasteiger charge is -2.35. The number of nitrogens with one attached hydrogen (secondary N) is 1. The van der Waals surface area contributed by atoms with Crippen LogP contribution < -0.4 is 9.88 Å². The molecule has 1 aliphatic rings. The van der Waals surface area contributed by atoms with Gasteiger partial charge in [-0.25, -0.2) is 4.98 Å². The van der Waals surface area contributed by atoms with Crippen LogP contribution in [0.3, 0.4) is 0 Å². The van der Waals surface area contributed by atoms with Crippen LogP contribution in [-0.2, 0) is 0 Å². The number of hydrogen-bond donors (Lipinski definition) is 0. The smallest absolute Gasteiger partial charge is 0.289 e. The fraction of sp³-hybridized carbons (Fsp3) is 0.222. The van der Waals surface area contributed by atoms with Crippen molar-refractivity contribution in [1.82, 2.24) is 4.90 Å². The summed E-state index contributed by atoms with van der Waals surface area (Å²) in [6.07, 6.45) is 3.84. The van der Waals surface area contributed by atoms with Crippen LogP contribution in [0, 0.1) is 0 Å². The number of benzene rings is 1. The van der Waals surface area contributed by atoms with Gasteiger partial charge >= 0.3 is 0 Å². The lowest BCUT2D eigenvalue weighted by Crippen LogP contribution is -2.48. The van der Waals surface area contributed by atoms with E-state index in [2.05, 4.69) is 22.0 Å². The Bertz CT molecular complexity index is 787. The van der Waals surface area contributed by atoms with E-state index in [0.717, 1.165) is 24.1 Å². The summed E-state index contributed by atoms with van der Waals surface area (Å²) in [5, 5.41) is 0.968. The van der Waals surface area contributed by atoms with Gasteiger partial charge in [0.2, 0.25) is 0 Å². The third kappa shape index (κ3) is 2.65. The van der Waals surface area contributed by atoms with Crippen molar-refractivity contribution in [2.45, 2.75) is 0 Å². The van der Waals surface area contributed by atoms with Crippen molar-refractivity contribution in [3.8, 4) is 0 Å². The van der Waals surface area contributed by atoms with Gasteiger partial charge in [-0.2, -0.15) is 0 Å². The van der Waals surface area contributed by atoms with Gasteiger partial charge in [-0.05, 0) is 12.1 Å². The fourth-order valence-corrected chi connectivity index (χ4v) is 3.00. The topological polar surface area (TPSA) is 50.8 Å². The number of furan rings is 1. The zero-order chi connectivity index (χ0) is 15.6. The third-order valence-electron chi connectivity index (χ3n) is 4.27. The molecule has 1 fully saturated rings. The number of fused-ring (bicyclic) bond motifs is 1. The van der Waals surface area contributed by atoms with Crippen LogP contribution in [0.25, 0.3) is 11.0 Å². The van der Waals surface area contributed by atoms with E-state index in [1.807, 2.05) is 47.6 Å². The number of carbonyl (C=O) groups excluding carboxylic acids is 1. The van der Waals surface area contributed by atoms with E-state index in [0.29, 0.717) is 18.8 Å². The summed E-state index contributed by atoms with van der Waals surface area (Å²) in [5.74, 6) is 0.399. The minimum Gasteiger partial charge on any atom is -0.451 e. The Hall–Kier alpha value is -2.82. The standard InChI is InChI=1S/C18H17N3O2/c22-18(17-13-14-3-1-2-4-16(14)23-17)21-11-9-20(10-12-21)15-5-7-19-8-6-15/h1-8,13H,9-12H2/p+1. The van der Waals surface area contributed by atoms with Gasteiger partial charge in [0.25, 0.3) is 5.91 Å². The molecule has 3 heterocycles. The molecule has 1 amide bonds. The largest absolute Gasteiger partial charge is 0.451 e. The number of anilines is 1. The number of aromatic amines is 1. The van der Waals surface area contributed by atoms with Gasteiger partial charge in [-0.15, -0.1) is 0 Å². The zero-order valence-corrected chi connectivity index (χ0v) is 12.7. The number of hydrogen-bond acceptors (Lipinski definition) is 3. The molecule has 5 heteroatoms. The Morgan fingerprint density at radius 2 is 1.74 bits per heavy atom. The van der Waals surface area contributed by atoms with E-state index in [1.165, 1.54) is 5.69 Å². The number of rotatable bonds is 2. The first kappa shape index (κ1) is 13.8. The summed E-state index contributed by atoms with van der Waals surface area (Å²) in [6, 6.07) is 13.6. The molecule has 2 aromatic heterocycles. The number of pyridine rings is 1. The lowest BCUT2D eigenvalue weighted by molar-refractivity contribution is -0.377. The molecule has 1 saturated heterocycles. The molecule has 1 aromatic carbocycles. The van der Waals surface area contributed by atoms with Crippen molar-refractivity contribution < 1.29 is 14.2 Å². The molecular weight excluding hydrogens is 290 g/mol. The number of H-pyrrole nitrogens is 1. The second-order valence-electron chi connectivity index (χ2n) is 5.69. The van der Waals surface area contributed by atoms with E-state index < -0.39 is 0 Å². The minimum atomic E-state index is -0.0257. The Labute approximate surface area is 134 Å². The van der Waals surface area contributed by atoms with Gasteiger partial charge in [-0.1, -0.05) is 18.2 Å². The van der Waals surface area contributed by atoms with E-state index >= 15 is 0 Å². The molecule has 5 nitrogen and oxygen atoms in total. The summed E-state index contributed by atoms with van der Waals surface area (Å²) in [4.78, 5) is 19.8. The van der Waals surface area contributed by atoms with Gasteiger partial charge < -0.3 is 14.2 Å². The van der Waals surface area contributed by atoms with Crippen molar-refractivity contribution in [2.75, 3.05) is 31.1 Å². The van der Waals surface area contributed by atoms with Crippen LogP contribution in [0.5, 0.6) is 0 Å². The summed E-state index contributed by atoms with van der Waals surface area (Å²) in [7, 11) is 0. The Morgan fingerprint density at radius 1 is 1.00 bits per heavy atom. The summed E-state index contributed by atoms with van der Waals surface area (Å²) < 4.78 is 5.69. The van der Waals surface area contributed by atoms with E-state index in [-0.39, 0.29) is 5.91 Å². The molecule has 1 N–H and O–H groups in total. The van der Waals surface area contributed by atoms with Crippen LogP contribution in [0.4, 0.5) is 5.69 Å². The Kier molecular flexibility index (Phi) is 3.46. The predicted octanol–water partition coefficient (Wildman–Crippen LogP) is 2.21. The maximum absolute atomic E-state index is 12.6. The summed E-state index contributed by atoms with van der Waals surface area (Å²) in [6.45, 7) is 3.06. The van der Waals surface area contributed by atoms with Crippen LogP contribution in [0.2, 0.25) is 0 Å². The molecule has 3 aromatic rings. The fourth-order valence-electron chi connectivity index (χ4n) is 3.00. The molecule has 0 spiro atoms. The molecular formula is C18H18N3O2+. The maximum Gasteiger partial charge on any atom is 0.289 e. The van der Waals surface area contributed by atoms with Crippen molar-refractivity contribution in [3.63, 3.8) is 0 Å². The molecule has 1 aliphatic heterocycles. The first-order valence-electron chi connectivity index (χ1n) is 7.80. The lowest BCUT2D eigenvalue weighted by atomic mass is 10.2. The van der Waals surface area contributed by atoms with E-state index in [9.17, 15) is 4.79 Å². The zero-order valence-electron chi connectivity index (χ0n) is 12.7. The highest BCUT2D eigenvalue weighted by atomic mass is 16.3. The SMILES string of the molecule is O=C(c1cc2ccccc2o1)N1CCN(c2cc[nH+]cc2)CC1. The first-order valence-corrected chi connectivity index (χ1v) is 7.80. The Balaban J connectivity index is 1.46. The van der Waals surface area contributed by atoms with Crippen LogP contribution in [0.15, 0.2) is 59.3 Å². The molecule has 23 heavy (non-hydrogen) atoms. The summed E-state index contributed by atoms with van der Waals surface area (Å²) >= 11 is 0. The molecule has 116 valence electrons. The normalized spacial score (nSPS) is 15.1. The maximum atomic E-state index is 12.6. The second kappa shape index (κ2) is 5.76. The molecule has 0 saturated carbocycles. The van der Waals surface area contributed by atoms with Gasteiger partial charge in [0.15, 0.2) is 18.2 Å². The van der Waals surface area contributed by atoms with Crippen molar-refractivity contribution in [2.24, 2.45) is 0 Å². The quantitative estimate of drug-likeness (QED) is 0.729. The molecule has 0 bridgehead atoms. The third-order valence-corrected chi connectivity index (χ3v) is 4.27.